The van der Waals surface area contributed by atoms with E-state index in [4.69, 9.17) is 18.6 Å². The van der Waals surface area contributed by atoms with Crippen molar-refractivity contribution in [3.8, 4) is 0 Å². The van der Waals surface area contributed by atoms with Crippen LogP contribution in [-0.4, -0.2) is 52.8 Å². The van der Waals surface area contributed by atoms with Crippen molar-refractivity contribution < 1.29 is 28.2 Å². The Hall–Kier alpha value is -0.763. The van der Waals surface area contributed by atoms with Crippen LogP contribution in [0.3, 0.4) is 0 Å². The van der Waals surface area contributed by atoms with Gasteiger partial charge in [-0.05, 0) is 50.2 Å². The summed E-state index contributed by atoms with van der Waals surface area (Å²) in [7, 11) is -0.537. The molecule has 1 saturated carbocycles. The zero-order chi connectivity index (χ0) is 21.7. The van der Waals surface area contributed by atoms with Crippen molar-refractivity contribution in [3.63, 3.8) is 0 Å². The average Bonchev–Trinajstić information content (AvgIpc) is 2.94. The Bertz CT molecular complexity index is 550. The Morgan fingerprint density at radius 2 is 1.97 bits per heavy atom. The van der Waals surface area contributed by atoms with Crippen molar-refractivity contribution >= 4 is 20.1 Å². The van der Waals surface area contributed by atoms with Crippen LogP contribution < -0.4 is 0 Å². The minimum Gasteiger partial charge on any atom is -0.469 e. The zero-order valence-electron chi connectivity index (χ0n) is 19.1. The summed E-state index contributed by atoms with van der Waals surface area (Å²) in [6, 6.07) is 0. The van der Waals surface area contributed by atoms with Crippen molar-refractivity contribution in [3.05, 3.63) is 0 Å². The van der Waals surface area contributed by atoms with E-state index >= 15 is 0 Å². The van der Waals surface area contributed by atoms with Gasteiger partial charge in [0.1, 0.15) is 5.78 Å². The molecular weight excluding hydrogens is 388 g/mol. The van der Waals surface area contributed by atoms with Gasteiger partial charge in [-0.3, -0.25) is 9.59 Å². The summed E-state index contributed by atoms with van der Waals surface area (Å²) in [5, 5.41) is 0.110. The van der Waals surface area contributed by atoms with Crippen molar-refractivity contribution in [1.29, 1.82) is 0 Å². The first-order valence-corrected chi connectivity index (χ1v) is 14.0. The third-order valence-corrected chi connectivity index (χ3v) is 11.3. The number of ether oxygens (including phenoxy) is 3. The standard InChI is InChI=1S/C22H40O6Si/c1-22(2,3)29(5,6)27-15-17-16(10-9-11-20(24)25-4)18(23)14-19(17)28-21-12-7-8-13-26-21/h16-17,19,21H,7-15H2,1-6H3/t16-,17-,19-,21?/m0/s1. The molecule has 7 heteroatoms. The van der Waals surface area contributed by atoms with Gasteiger partial charge in [-0.1, -0.05) is 20.8 Å². The maximum atomic E-state index is 12.8. The predicted molar refractivity (Wildman–Crippen MR) is 114 cm³/mol. The van der Waals surface area contributed by atoms with Crippen LogP contribution in [0.5, 0.6) is 0 Å². The summed E-state index contributed by atoms with van der Waals surface area (Å²) in [5.74, 6) is -0.120. The minimum atomic E-state index is -1.93. The van der Waals surface area contributed by atoms with E-state index < -0.39 is 8.32 Å². The Morgan fingerprint density at radius 3 is 2.55 bits per heavy atom. The molecule has 4 atom stereocenters. The zero-order valence-corrected chi connectivity index (χ0v) is 20.1. The molecule has 0 N–H and O–H groups in total. The van der Waals surface area contributed by atoms with Crippen LogP contribution in [0.15, 0.2) is 0 Å². The summed E-state index contributed by atoms with van der Waals surface area (Å²) in [6.07, 6.45) is 4.73. The van der Waals surface area contributed by atoms with Crippen LogP contribution in [0.1, 0.15) is 65.7 Å². The average molecular weight is 429 g/mol. The van der Waals surface area contributed by atoms with E-state index in [2.05, 4.69) is 33.9 Å². The molecule has 168 valence electrons. The van der Waals surface area contributed by atoms with Crippen molar-refractivity contribution in [1.82, 2.24) is 0 Å². The first-order valence-electron chi connectivity index (χ1n) is 11.1. The molecular formula is C22H40O6Si. The Morgan fingerprint density at radius 1 is 1.24 bits per heavy atom. The molecule has 0 bridgehead atoms. The second-order valence-corrected chi connectivity index (χ2v) is 14.8. The highest BCUT2D eigenvalue weighted by Gasteiger charge is 2.46. The minimum absolute atomic E-state index is 0.0137. The number of carbonyl (C=O) groups excluding carboxylic acids is 2. The molecule has 0 spiro atoms. The quantitative estimate of drug-likeness (QED) is 0.399. The van der Waals surface area contributed by atoms with Gasteiger partial charge in [0.05, 0.1) is 13.2 Å². The van der Waals surface area contributed by atoms with Gasteiger partial charge in [0.2, 0.25) is 0 Å². The monoisotopic (exact) mass is 428 g/mol. The fourth-order valence-electron chi connectivity index (χ4n) is 3.85. The highest BCUT2D eigenvalue weighted by atomic mass is 28.4. The van der Waals surface area contributed by atoms with Crippen molar-refractivity contribution in [2.45, 2.75) is 96.2 Å². The summed E-state index contributed by atoms with van der Waals surface area (Å²) in [5.41, 5.74) is 0. The third-order valence-electron chi connectivity index (χ3n) is 6.84. The lowest BCUT2D eigenvalue weighted by atomic mass is 9.90. The number of carbonyl (C=O) groups is 2. The van der Waals surface area contributed by atoms with Gasteiger partial charge in [-0.2, -0.15) is 0 Å². The smallest absolute Gasteiger partial charge is 0.305 e. The van der Waals surface area contributed by atoms with E-state index in [0.717, 1.165) is 25.9 Å². The number of Topliss-reactive ketones (excluding diaryl/α,β-unsaturated/α-hetero) is 1. The molecule has 1 aliphatic carbocycles. The van der Waals surface area contributed by atoms with Crippen LogP contribution in [0.25, 0.3) is 0 Å². The summed E-state index contributed by atoms with van der Waals surface area (Å²) >= 11 is 0. The fourth-order valence-corrected chi connectivity index (χ4v) is 4.89. The molecule has 6 nitrogen and oxygen atoms in total. The Balaban J connectivity index is 2.06. The number of ketones is 1. The van der Waals surface area contributed by atoms with Crippen molar-refractivity contribution in [2.24, 2.45) is 11.8 Å². The highest BCUT2D eigenvalue weighted by Crippen LogP contribution is 2.40. The first-order chi connectivity index (χ1) is 13.5. The summed E-state index contributed by atoms with van der Waals surface area (Å²) in [6.45, 7) is 12.4. The molecule has 1 aliphatic heterocycles. The van der Waals surface area contributed by atoms with E-state index in [9.17, 15) is 9.59 Å². The van der Waals surface area contributed by atoms with Crippen LogP contribution in [0.2, 0.25) is 18.1 Å². The number of methoxy groups -OCH3 is 1. The largest absolute Gasteiger partial charge is 0.469 e. The summed E-state index contributed by atoms with van der Waals surface area (Å²) in [4.78, 5) is 24.3. The maximum Gasteiger partial charge on any atom is 0.305 e. The van der Waals surface area contributed by atoms with Crippen LogP contribution in [0.4, 0.5) is 0 Å². The van der Waals surface area contributed by atoms with Crippen LogP contribution in [0, 0.1) is 11.8 Å². The molecule has 2 fully saturated rings. The van der Waals surface area contributed by atoms with E-state index in [-0.39, 0.29) is 41.0 Å². The number of rotatable bonds is 9. The van der Waals surface area contributed by atoms with Gasteiger partial charge in [-0.15, -0.1) is 0 Å². The maximum absolute atomic E-state index is 12.8. The van der Waals surface area contributed by atoms with Gasteiger partial charge in [0, 0.05) is 37.9 Å². The molecule has 0 aromatic carbocycles. The van der Waals surface area contributed by atoms with Gasteiger partial charge >= 0.3 is 5.97 Å². The molecule has 0 aromatic heterocycles. The fraction of sp³-hybridized carbons (Fsp3) is 0.909. The lowest BCUT2D eigenvalue weighted by Crippen LogP contribution is -2.44. The van der Waals surface area contributed by atoms with Gasteiger partial charge in [0.25, 0.3) is 0 Å². The SMILES string of the molecule is COC(=O)CCC[C@@H]1C(=O)C[C@H](OC2CCCCO2)[C@H]1CO[Si](C)(C)C(C)(C)C. The van der Waals surface area contributed by atoms with E-state index in [1.165, 1.54) is 7.11 Å². The second-order valence-electron chi connectivity index (χ2n) is 9.95. The molecule has 1 unspecified atom stereocenters. The molecule has 29 heavy (non-hydrogen) atoms. The van der Waals surface area contributed by atoms with Gasteiger partial charge in [-0.25, -0.2) is 0 Å². The first kappa shape index (κ1) is 24.5. The van der Waals surface area contributed by atoms with E-state index in [1.54, 1.807) is 0 Å². The molecule has 0 aromatic rings. The molecule has 1 saturated heterocycles. The predicted octanol–water partition coefficient (Wildman–Crippen LogP) is 4.47. The normalized spacial score (nSPS) is 28.6. The molecule has 0 amide bonds. The number of esters is 1. The Labute approximate surface area is 177 Å². The van der Waals surface area contributed by atoms with Gasteiger partial charge in [0.15, 0.2) is 14.6 Å². The lowest BCUT2D eigenvalue weighted by molar-refractivity contribution is -0.197. The van der Waals surface area contributed by atoms with Crippen LogP contribution in [-0.2, 0) is 28.2 Å². The van der Waals surface area contributed by atoms with Gasteiger partial charge < -0.3 is 18.6 Å². The summed E-state index contributed by atoms with van der Waals surface area (Å²) < 4.78 is 23.3. The van der Waals surface area contributed by atoms with Crippen LogP contribution >= 0.6 is 0 Å². The Kier molecular flexibility index (Phi) is 8.88. The molecule has 2 aliphatic rings. The molecule has 1 heterocycles. The highest BCUT2D eigenvalue weighted by molar-refractivity contribution is 6.74. The topological polar surface area (TPSA) is 71.1 Å². The van der Waals surface area contributed by atoms with E-state index in [1.807, 2.05) is 0 Å². The third kappa shape index (κ3) is 6.87. The second kappa shape index (κ2) is 10.5. The lowest BCUT2D eigenvalue weighted by Gasteiger charge is -2.38. The number of hydrogen-bond donors (Lipinski definition) is 0. The number of hydrogen-bond acceptors (Lipinski definition) is 6. The molecule has 2 rings (SSSR count). The van der Waals surface area contributed by atoms with E-state index in [0.29, 0.717) is 32.3 Å². The van der Waals surface area contributed by atoms with Crippen molar-refractivity contribution in [2.75, 3.05) is 20.3 Å². The molecule has 0 radical (unpaired) electrons.